The molecule has 0 unspecified atom stereocenters. The maximum Gasteiger partial charge on any atom is 0.387 e. The normalized spacial score (nSPS) is 11.2. The Labute approximate surface area is 197 Å². The Balaban J connectivity index is 0.00000341. The maximum atomic E-state index is 12.7. The van der Waals surface area contributed by atoms with Crippen molar-refractivity contribution >= 4 is 29.9 Å². The van der Waals surface area contributed by atoms with Gasteiger partial charge in [0.25, 0.3) is 0 Å². The molecule has 0 fully saturated rings. The minimum atomic E-state index is -2.87. The Morgan fingerprint density at radius 2 is 2.03 bits per heavy atom. The molecule has 31 heavy (non-hydrogen) atoms. The summed E-state index contributed by atoms with van der Waals surface area (Å²) < 4.78 is 31.8. The van der Waals surface area contributed by atoms with Crippen LogP contribution in [0.15, 0.2) is 60.2 Å². The number of nitrogens with zero attached hydrogens (tertiary/aromatic N) is 4. The summed E-state index contributed by atoms with van der Waals surface area (Å²) in [6, 6.07) is 8.93. The first kappa shape index (κ1) is 24.5. The number of pyridine rings is 1. The lowest BCUT2D eigenvalue weighted by molar-refractivity contribution is -0.0504. The van der Waals surface area contributed by atoms with E-state index in [-0.39, 0.29) is 29.7 Å². The molecule has 0 spiro atoms. The average molecular weight is 542 g/mol. The van der Waals surface area contributed by atoms with Crippen molar-refractivity contribution in [1.29, 1.82) is 0 Å². The van der Waals surface area contributed by atoms with Crippen LogP contribution in [0, 0.1) is 6.92 Å². The third kappa shape index (κ3) is 7.46. The fraction of sp³-hybridized carbons (Fsp3) is 0.286. The number of imidazole rings is 1. The van der Waals surface area contributed by atoms with Gasteiger partial charge in [0.05, 0.1) is 6.54 Å². The molecular weight excluding hydrogens is 517 g/mol. The third-order valence-electron chi connectivity index (χ3n) is 4.22. The molecule has 0 saturated carbocycles. The van der Waals surface area contributed by atoms with Gasteiger partial charge in [-0.3, -0.25) is 4.57 Å². The van der Waals surface area contributed by atoms with Gasteiger partial charge in [0.1, 0.15) is 17.9 Å². The number of aliphatic imine (C=N–C) groups is 1. The fourth-order valence-corrected chi connectivity index (χ4v) is 2.84. The lowest BCUT2D eigenvalue weighted by atomic mass is 10.1. The van der Waals surface area contributed by atoms with E-state index in [1.165, 1.54) is 0 Å². The van der Waals surface area contributed by atoms with Gasteiger partial charge in [0, 0.05) is 37.2 Å². The molecule has 0 aliphatic rings. The molecule has 0 bridgehead atoms. The lowest BCUT2D eigenvalue weighted by Gasteiger charge is -2.15. The first-order valence-electron chi connectivity index (χ1n) is 9.55. The van der Waals surface area contributed by atoms with Crippen molar-refractivity contribution in [3.8, 4) is 11.6 Å². The van der Waals surface area contributed by atoms with Crippen molar-refractivity contribution < 1.29 is 13.5 Å². The van der Waals surface area contributed by atoms with Crippen LogP contribution in [0.25, 0.3) is 5.82 Å². The number of benzene rings is 1. The smallest absolute Gasteiger partial charge is 0.387 e. The van der Waals surface area contributed by atoms with Gasteiger partial charge < -0.3 is 15.4 Å². The highest BCUT2D eigenvalue weighted by Crippen LogP contribution is 2.22. The molecule has 2 aromatic heterocycles. The summed E-state index contributed by atoms with van der Waals surface area (Å²) in [6.07, 6.45) is 6.92. The number of rotatable bonds is 8. The standard InChI is InChI=1S/C21H24F2N6O.HI/c1-3-25-21(28-13-17-10-15(2)4-5-18(17)30-20(22)23)27-12-16-6-7-26-19(11-16)29-9-8-24-14-29;/h4-11,14,20H,3,12-13H2,1-2H3,(H2,25,27,28);1H. The third-order valence-corrected chi connectivity index (χ3v) is 4.22. The molecule has 0 aliphatic carbocycles. The Morgan fingerprint density at radius 1 is 1.19 bits per heavy atom. The molecule has 3 aromatic rings. The largest absolute Gasteiger partial charge is 0.434 e. The van der Waals surface area contributed by atoms with E-state index < -0.39 is 6.61 Å². The van der Waals surface area contributed by atoms with Gasteiger partial charge in [-0.2, -0.15) is 8.78 Å². The van der Waals surface area contributed by atoms with Gasteiger partial charge in [-0.25, -0.2) is 15.0 Å². The summed E-state index contributed by atoms with van der Waals surface area (Å²) >= 11 is 0. The summed E-state index contributed by atoms with van der Waals surface area (Å²) in [6.45, 7) is 2.37. The molecule has 0 aliphatic heterocycles. The Kier molecular flexibility index (Phi) is 9.63. The zero-order valence-electron chi connectivity index (χ0n) is 17.3. The van der Waals surface area contributed by atoms with Crippen LogP contribution in [-0.2, 0) is 13.1 Å². The second-order valence-electron chi connectivity index (χ2n) is 6.53. The minimum absolute atomic E-state index is 0. The number of nitrogens with one attached hydrogen (secondary N) is 2. The lowest BCUT2D eigenvalue weighted by Crippen LogP contribution is -2.36. The van der Waals surface area contributed by atoms with Crippen LogP contribution in [0.3, 0.4) is 0 Å². The van der Waals surface area contributed by atoms with E-state index in [9.17, 15) is 8.78 Å². The highest BCUT2D eigenvalue weighted by Gasteiger charge is 2.10. The summed E-state index contributed by atoms with van der Waals surface area (Å²) in [7, 11) is 0. The first-order valence-corrected chi connectivity index (χ1v) is 9.55. The quantitative estimate of drug-likeness (QED) is 0.255. The molecule has 166 valence electrons. The number of aryl methyl sites for hydroxylation is 1. The van der Waals surface area contributed by atoms with Gasteiger partial charge in [0.15, 0.2) is 5.96 Å². The van der Waals surface area contributed by atoms with E-state index in [0.717, 1.165) is 16.9 Å². The highest BCUT2D eigenvalue weighted by molar-refractivity contribution is 14.0. The number of hydrogen-bond acceptors (Lipinski definition) is 4. The van der Waals surface area contributed by atoms with E-state index in [2.05, 4.69) is 30.3 Å². The molecule has 7 nitrogen and oxygen atoms in total. The van der Waals surface area contributed by atoms with Crippen molar-refractivity contribution in [2.75, 3.05) is 6.54 Å². The molecule has 0 atom stereocenters. The minimum Gasteiger partial charge on any atom is -0.434 e. The van der Waals surface area contributed by atoms with E-state index >= 15 is 0 Å². The summed E-state index contributed by atoms with van der Waals surface area (Å²) in [5.41, 5.74) is 2.56. The van der Waals surface area contributed by atoms with Gasteiger partial charge in [-0.15, -0.1) is 24.0 Å². The predicted molar refractivity (Wildman–Crippen MR) is 126 cm³/mol. The van der Waals surface area contributed by atoms with Crippen molar-refractivity contribution in [3.63, 3.8) is 0 Å². The molecule has 3 rings (SSSR count). The van der Waals surface area contributed by atoms with E-state index in [1.54, 1.807) is 30.9 Å². The van der Waals surface area contributed by atoms with Gasteiger partial charge in [-0.1, -0.05) is 17.7 Å². The summed E-state index contributed by atoms with van der Waals surface area (Å²) in [5, 5.41) is 6.33. The molecule has 1 aromatic carbocycles. The van der Waals surface area contributed by atoms with Crippen LogP contribution in [0.1, 0.15) is 23.6 Å². The maximum absolute atomic E-state index is 12.7. The second kappa shape index (κ2) is 12.2. The molecule has 0 saturated heterocycles. The van der Waals surface area contributed by atoms with E-state index in [1.807, 2.05) is 42.8 Å². The SMILES string of the molecule is CCNC(=NCc1ccnc(-n2ccnc2)c1)NCc1cc(C)ccc1OC(F)F.I. The van der Waals surface area contributed by atoms with Crippen molar-refractivity contribution in [2.45, 2.75) is 33.5 Å². The molecular formula is C21H25F2IN6O. The number of guanidine groups is 1. The molecule has 2 heterocycles. The number of aromatic nitrogens is 3. The second-order valence-corrected chi connectivity index (χ2v) is 6.53. The number of halogens is 3. The van der Waals surface area contributed by atoms with Gasteiger partial charge >= 0.3 is 6.61 Å². The van der Waals surface area contributed by atoms with Crippen LogP contribution < -0.4 is 15.4 Å². The Bertz CT molecular complexity index is 982. The van der Waals surface area contributed by atoms with Crippen LogP contribution in [0.5, 0.6) is 5.75 Å². The zero-order chi connectivity index (χ0) is 21.3. The molecule has 10 heteroatoms. The monoisotopic (exact) mass is 542 g/mol. The Hall–Kier alpha value is -2.76. The van der Waals surface area contributed by atoms with Gasteiger partial charge in [0.2, 0.25) is 0 Å². The van der Waals surface area contributed by atoms with Crippen LogP contribution >= 0.6 is 24.0 Å². The van der Waals surface area contributed by atoms with Crippen molar-refractivity contribution in [1.82, 2.24) is 25.2 Å². The predicted octanol–water partition coefficient (Wildman–Crippen LogP) is 4.05. The summed E-state index contributed by atoms with van der Waals surface area (Å²) in [4.78, 5) is 12.9. The Morgan fingerprint density at radius 3 is 2.74 bits per heavy atom. The van der Waals surface area contributed by atoms with Crippen LogP contribution in [0.4, 0.5) is 8.78 Å². The number of ether oxygens (including phenoxy) is 1. The average Bonchev–Trinajstić information content (AvgIpc) is 3.27. The fourth-order valence-electron chi connectivity index (χ4n) is 2.84. The van der Waals surface area contributed by atoms with Crippen LogP contribution in [-0.4, -0.2) is 33.7 Å². The number of alkyl halides is 2. The van der Waals surface area contributed by atoms with Crippen LogP contribution in [0.2, 0.25) is 0 Å². The van der Waals surface area contributed by atoms with E-state index in [0.29, 0.717) is 31.2 Å². The topological polar surface area (TPSA) is 76.4 Å². The molecule has 0 radical (unpaired) electrons. The van der Waals surface area contributed by atoms with Crippen molar-refractivity contribution in [2.24, 2.45) is 4.99 Å². The number of hydrogen-bond donors (Lipinski definition) is 2. The molecule has 0 amide bonds. The van der Waals surface area contributed by atoms with Gasteiger partial charge in [-0.05, 0) is 37.6 Å². The zero-order valence-corrected chi connectivity index (χ0v) is 19.6. The summed E-state index contributed by atoms with van der Waals surface area (Å²) in [5.74, 6) is 1.48. The molecule has 2 N–H and O–H groups in total. The highest BCUT2D eigenvalue weighted by atomic mass is 127. The first-order chi connectivity index (χ1) is 14.5. The van der Waals surface area contributed by atoms with E-state index in [4.69, 9.17) is 0 Å². The van der Waals surface area contributed by atoms with Crippen molar-refractivity contribution in [3.05, 3.63) is 71.9 Å².